The van der Waals surface area contributed by atoms with E-state index in [0.29, 0.717) is 13.0 Å². The molecule has 0 saturated heterocycles. The normalized spacial score (nSPS) is 11.4. The molecule has 0 aliphatic rings. The van der Waals surface area contributed by atoms with Gasteiger partial charge in [0.05, 0.1) is 11.4 Å². The maximum atomic E-state index is 10.7. The van der Waals surface area contributed by atoms with Gasteiger partial charge >= 0.3 is 5.97 Å². The van der Waals surface area contributed by atoms with Crippen molar-refractivity contribution < 1.29 is 9.90 Å². The quantitative estimate of drug-likeness (QED) is 0.591. The van der Waals surface area contributed by atoms with Crippen LogP contribution in [0.4, 0.5) is 5.82 Å². The Bertz CT molecular complexity index is 925. The number of rotatable bonds is 7. The Labute approximate surface area is 165 Å². The summed E-state index contributed by atoms with van der Waals surface area (Å²) in [6.45, 7) is 7.12. The highest BCUT2D eigenvalue weighted by Crippen LogP contribution is 2.27. The third kappa shape index (κ3) is 4.76. The first-order chi connectivity index (χ1) is 13.3. The molecule has 0 spiro atoms. The predicted molar refractivity (Wildman–Crippen MR) is 111 cm³/mol. The van der Waals surface area contributed by atoms with Crippen molar-refractivity contribution >= 4 is 11.8 Å². The van der Waals surface area contributed by atoms with Gasteiger partial charge in [0.2, 0.25) is 0 Å². The van der Waals surface area contributed by atoms with E-state index < -0.39 is 5.97 Å². The molecule has 2 N–H and O–H groups in total. The summed E-state index contributed by atoms with van der Waals surface area (Å²) in [6, 6.07) is 14.2. The molecule has 6 heteroatoms. The van der Waals surface area contributed by atoms with Gasteiger partial charge in [-0.05, 0) is 41.7 Å². The molecule has 2 aromatic heterocycles. The molecule has 0 saturated carbocycles. The topological polar surface area (TPSA) is 80.0 Å². The first kappa shape index (κ1) is 19.6. The number of carbonyl (C=O) groups is 1. The highest BCUT2D eigenvalue weighted by Gasteiger charge is 2.15. The van der Waals surface area contributed by atoms with Crippen LogP contribution < -0.4 is 5.32 Å². The molecule has 0 radical (unpaired) electrons. The maximum Gasteiger partial charge on any atom is 0.303 e. The highest BCUT2D eigenvalue weighted by atomic mass is 16.4. The molecule has 0 amide bonds. The lowest BCUT2D eigenvalue weighted by atomic mass is 9.87. The molecule has 28 heavy (non-hydrogen) atoms. The summed E-state index contributed by atoms with van der Waals surface area (Å²) in [7, 11) is 0. The third-order valence-corrected chi connectivity index (χ3v) is 4.52. The molecule has 0 aliphatic carbocycles. The molecule has 0 aliphatic heterocycles. The number of anilines is 1. The zero-order valence-electron chi connectivity index (χ0n) is 16.5. The van der Waals surface area contributed by atoms with Crippen LogP contribution in [0.5, 0.6) is 0 Å². The molecule has 3 rings (SSSR count). The van der Waals surface area contributed by atoms with Crippen molar-refractivity contribution in [3.63, 3.8) is 0 Å². The van der Waals surface area contributed by atoms with E-state index in [9.17, 15) is 4.79 Å². The molecule has 0 bridgehead atoms. The van der Waals surface area contributed by atoms with Gasteiger partial charge in [0.1, 0.15) is 5.82 Å². The zero-order chi connectivity index (χ0) is 20.1. The molecule has 0 unspecified atom stereocenters. The smallest absolute Gasteiger partial charge is 0.303 e. The van der Waals surface area contributed by atoms with Crippen LogP contribution in [-0.4, -0.2) is 32.4 Å². The lowest BCUT2D eigenvalue weighted by molar-refractivity contribution is -0.137. The van der Waals surface area contributed by atoms with Crippen LogP contribution in [0.25, 0.3) is 16.9 Å². The van der Waals surface area contributed by atoms with E-state index in [1.165, 1.54) is 5.56 Å². The Kier molecular flexibility index (Phi) is 5.78. The lowest BCUT2D eigenvalue weighted by Gasteiger charge is -2.19. The maximum absolute atomic E-state index is 10.7. The van der Waals surface area contributed by atoms with Crippen LogP contribution >= 0.6 is 0 Å². The first-order valence-corrected chi connectivity index (χ1v) is 9.41. The minimum absolute atomic E-state index is 0.0847. The summed E-state index contributed by atoms with van der Waals surface area (Å²) in [4.78, 5) is 14.9. The average molecular weight is 378 g/mol. The number of aliphatic carboxylic acids is 1. The van der Waals surface area contributed by atoms with Crippen LogP contribution in [0, 0.1) is 0 Å². The molecular formula is C22H26N4O2. The van der Waals surface area contributed by atoms with Crippen LogP contribution in [0.3, 0.4) is 0 Å². The van der Waals surface area contributed by atoms with Crippen molar-refractivity contribution in [1.82, 2.24) is 14.8 Å². The van der Waals surface area contributed by atoms with E-state index in [4.69, 9.17) is 10.2 Å². The molecule has 2 heterocycles. The van der Waals surface area contributed by atoms with Crippen molar-refractivity contribution in [2.24, 2.45) is 0 Å². The summed E-state index contributed by atoms with van der Waals surface area (Å²) in [5.41, 5.74) is 4.03. The minimum Gasteiger partial charge on any atom is -0.481 e. The predicted octanol–water partition coefficient (Wildman–Crippen LogP) is 4.51. The van der Waals surface area contributed by atoms with Crippen molar-refractivity contribution in [2.45, 2.75) is 39.0 Å². The molecule has 0 atom stereocenters. The van der Waals surface area contributed by atoms with Gasteiger partial charge in [-0.1, -0.05) is 32.9 Å². The Balaban J connectivity index is 1.91. The Morgan fingerprint density at radius 1 is 1.18 bits per heavy atom. The third-order valence-electron chi connectivity index (χ3n) is 4.52. The molecular weight excluding hydrogens is 352 g/mol. The van der Waals surface area contributed by atoms with Crippen LogP contribution in [0.1, 0.15) is 39.2 Å². The number of hydrogen-bond donors (Lipinski definition) is 2. The monoisotopic (exact) mass is 378 g/mol. The van der Waals surface area contributed by atoms with Crippen LogP contribution in [-0.2, 0) is 10.2 Å². The average Bonchev–Trinajstić information content (AvgIpc) is 3.09. The van der Waals surface area contributed by atoms with Crippen LogP contribution in [0.2, 0.25) is 0 Å². The largest absolute Gasteiger partial charge is 0.481 e. The standard InChI is InChI=1S/C22H26N4O2/c1-22(2,3)17-8-10-18(11-9-17)26-20(24-13-5-7-21(27)28)14-19(25-26)16-6-4-12-23-15-16/h4,6,8-12,14-15,24H,5,7,13H2,1-3H3,(H,27,28). The minimum atomic E-state index is -0.788. The summed E-state index contributed by atoms with van der Waals surface area (Å²) >= 11 is 0. The highest BCUT2D eigenvalue weighted by molar-refractivity contribution is 5.67. The number of carboxylic acids is 1. The molecule has 1 aromatic carbocycles. The van der Waals surface area contributed by atoms with Gasteiger partial charge < -0.3 is 10.4 Å². The Morgan fingerprint density at radius 3 is 2.54 bits per heavy atom. The van der Waals surface area contributed by atoms with Crippen molar-refractivity contribution in [1.29, 1.82) is 0 Å². The van der Waals surface area contributed by atoms with E-state index in [0.717, 1.165) is 22.8 Å². The summed E-state index contributed by atoms with van der Waals surface area (Å²) in [5.74, 6) is 0.0388. The molecule has 0 fully saturated rings. The lowest BCUT2D eigenvalue weighted by Crippen LogP contribution is -2.12. The van der Waals surface area contributed by atoms with Gasteiger partial charge in [-0.25, -0.2) is 4.68 Å². The fourth-order valence-corrected chi connectivity index (χ4v) is 2.92. The van der Waals surface area contributed by atoms with Crippen molar-refractivity contribution in [3.05, 3.63) is 60.4 Å². The van der Waals surface area contributed by atoms with Gasteiger partial charge in [-0.2, -0.15) is 5.10 Å². The molecule has 6 nitrogen and oxygen atoms in total. The number of benzene rings is 1. The second-order valence-corrected chi connectivity index (χ2v) is 7.79. The first-order valence-electron chi connectivity index (χ1n) is 9.41. The fourth-order valence-electron chi connectivity index (χ4n) is 2.92. The van der Waals surface area contributed by atoms with E-state index >= 15 is 0 Å². The molecule has 146 valence electrons. The van der Waals surface area contributed by atoms with Gasteiger partial charge in [-0.15, -0.1) is 0 Å². The van der Waals surface area contributed by atoms with Gasteiger partial charge in [-0.3, -0.25) is 9.78 Å². The van der Waals surface area contributed by atoms with E-state index in [1.807, 2.05) is 22.9 Å². The number of hydrogen-bond acceptors (Lipinski definition) is 4. The van der Waals surface area contributed by atoms with Crippen LogP contribution in [0.15, 0.2) is 54.9 Å². The van der Waals surface area contributed by atoms with Gasteiger partial charge in [0.25, 0.3) is 0 Å². The fraction of sp³-hybridized carbons (Fsp3) is 0.318. The second-order valence-electron chi connectivity index (χ2n) is 7.79. The summed E-state index contributed by atoms with van der Waals surface area (Å²) in [5, 5.41) is 16.9. The zero-order valence-corrected chi connectivity index (χ0v) is 16.5. The Hall–Kier alpha value is -3.15. The Morgan fingerprint density at radius 2 is 1.93 bits per heavy atom. The summed E-state index contributed by atoms with van der Waals surface area (Å²) in [6.07, 6.45) is 4.20. The van der Waals surface area contributed by atoms with E-state index in [2.05, 4.69) is 55.3 Å². The molecule has 3 aromatic rings. The number of nitrogens with one attached hydrogen (secondary N) is 1. The second kappa shape index (κ2) is 8.25. The number of pyridine rings is 1. The van der Waals surface area contributed by atoms with Crippen molar-refractivity contribution in [2.75, 3.05) is 11.9 Å². The number of nitrogens with zero attached hydrogens (tertiary/aromatic N) is 3. The van der Waals surface area contributed by atoms with E-state index in [1.54, 1.807) is 12.4 Å². The van der Waals surface area contributed by atoms with Gasteiger partial charge in [0, 0.05) is 37.0 Å². The van der Waals surface area contributed by atoms with Crippen molar-refractivity contribution in [3.8, 4) is 16.9 Å². The SMILES string of the molecule is CC(C)(C)c1ccc(-n2nc(-c3cccnc3)cc2NCCCC(=O)O)cc1. The van der Waals surface area contributed by atoms with Gasteiger partial charge in [0.15, 0.2) is 0 Å². The summed E-state index contributed by atoms with van der Waals surface area (Å²) < 4.78 is 1.86. The van der Waals surface area contributed by atoms with E-state index in [-0.39, 0.29) is 11.8 Å². The number of carboxylic acid groups (broad SMARTS) is 1. The number of aromatic nitrogens is 3.